The van der Waals surface area contributed by atoms with Gasteiger partial charge in [0.2, 0.25) is 5.78 Å². The normalized spacial score (nSPS) is 20.9. The first-order valence-electron chi connectivity index (χ1n) is 11.1. The molecule has 1 atom stereocenters. The lowest BCUT2D eigenvalue weighted by Gasteiger charge is -2.29. The number of methoxy groups -OCH3 is 1. The molecule has 4 rings (SSSR count). The SMILES string of the molecule is COc1ccc(C2/C(=C(\[O-])c3ccc(Cl)cc3)C(=O)C(=O)N2CCC[NH+]2CCOCC2)cc1. The lowest BCUT2D eigenvalue weighted by Crippen LogP contribution is -3.14. The number of carbonyl (C=O) groups excluding carboxylic acids is 2. The smallest absolute Gasteiger partial charge is 0.295 e. The maximum absolute atomic E-state index is 13.4. The second kappa shape index (κ2) is 10.4. The van der Waals surface area contributed by atoms with Crippen molar-refractivity contribution in [1.82, 2.24) is 4.90 Å². The summed E-state index contributed by atoms with van der Waals surface area (Å²) < 4.78 is 10.6. The highest BCUT2D eigenvalue weighted by Gasteiger charge is 2.44. The van der Waals surface area contributed by atoms with Crippen LogP contribution in [0.2, 0.25) is 5.02 Å². The predicted octanol–water partition coefficient (Wildman–Crippen LogP) is 0.878. The van der Waals surface area contributed by atoms with Crippen LogP contribution in [0.3, 0.4) is 0 Å². The molecule has 174 valence electrons. The minimum absolute atomic E-state index is 0.0220. The van der Waals surface area contributed by atoms with E-state index in [4.69, 9.17) is 21.1 Å². The number of morpholine rings is 1. The van der Waals surface area contributed by atoms with E-state index in [1.165, 1.54) is 9.80 Å². The number of likely N-dealkylation sites (tertiary alicyclic amines) is 1. The third kappa shape index (κ3) is 5.05. The molecule has 2 aliphatic heterocycles. The molecule has 2 heterocycles. The summed E-state index contributed by atoms with van der Waals surface area (Å²) in [5.74, 6) is -1.17. The molecule has 33 heavy (non-hydrogen) atoms. The molecule has 0 bridgehead atoms. The summed E-state index contributed by atoms with van der Waals surface area (Å²) in [5, 5.41) is 13.9. The lowest BCUT2D eigenvalue weighted by molar-refractivity contribution is -0.908. The Kier molecular flexibility index (Phi) is 7.33. The molecule has 2 aromatic rings. The molecule has 1 N–H and O–H groups in total. The van der Waals surface area contributed by atoms with Crippen LogP contribution < -0.4 is 14.7 Å². The maximum atomic E-state index is 13.4. The predicted molar refractivity (Wildman–Crippen MR) is 122 cm³/mol. The highest BCUT2D eigenvalue weighted by atomic mass is 35.5. The van der Waals surface area contributed by atoms with Crippen molar-refractivity contribution >= 4 is 29.1 Å². The van der Waals surface area contributed by atoms with Crippen LogP contribution in [0.5, 0.6) is 5.75 Å². The summed E-state index contributed by atoms with van der Waals surface area (Å²) in [7, 11) is 1.57. The Balaban J connectivity index is 1.66. The third-order valence-electron chi connectivity index (χ3n) is 6.20. The standard InChI is InChI=1S/C25H27ClN2O5/c1-32-20-9-5-17(6-10-20)22-21(23(29)18-3-7-19(26)8-4-18)24(30)25(31)28(22)12-2-11-27-13-15-33-16-14-27/h3-10,22,29H,2,11-16H2,1H3/b23-21+. The van der Waals surface area contributed by atoms with Crippen LogP contribution in [-0.4, -0.2) is 63.1 Å². The van der Waals surface area contributed by atoms with Crippen LogP contribution in [0, 0.1) is 0 Å². The largest absolute Gasteiger partial charge is 0.872 e. The first-order chi connectivity index (χ1) is 16.0. The van der Waals surface area contributed by atoms with Gasteiger partial charge in [-0.2, -0.15) is 0 Å². The zero-order valence-corrected chi connectivity index (χ0v) is 19.3. The summed E-state index contributed by atoms with van der Waals surface area (Å²) in [5.41, 5.74) is 1.01. The van der Waals surface area contributed by atoms with Crippen LogP contribution in [-0.2, 0) is 14.3 Å². The number of ether oxygens (including phenoxy) is 2. The number of quaternary nitrogens is 1. The van der Waals surface area contributed by atoms with Crippen molar-refractivity contribution in [3.63, 3.8) is 0 Å². The number of benzene rings is 2. The number of hydrogen-bond donors (Lipinski definition) is 1. The zero-order chi connectivity index (χ0) is 23.4. The van der Waals surface area contributed by atoms with Gasteiger partial charge in [-0.3, -0.25) is 9.59 Å². The van der Waals surface area contributed by atoms with Crippen LogP contribution in [0.15, 0.2) is 54.1 Å². The summed E-state index contributed by atoms with van der Waals surface area (Å²) in [6.07, 6.45) is 0.726. The Hall–Kier alpha value is -2.87. The van der Waals surface area contributed by atoms with E-state index in [1.54, 1.807) is 55.6 Å². The maximum Gasteiger partial charge on any atom is 0.295 e. The third-order valence-corrected chi connectivity index (χ3v) is 6.45. The van der Waals surface area contributed by atoms with E-state index < -0.39 is 23.5 Å². The van der Waals surface area contributed by atoms with E-state index >= 15 is 0 Å². The zero-order valence-electron chi connectivity index (χ0n) is 18.5. The fourth-order valence-corrected chi connectivity index (χ4v) is 4.53. The van der Waals surface area contributed by atoms with Gasteiger partial charge in [-0.05, 0) is 35.4 Å². The van der Waals surface area contributed by atoms with Crippen molar-refractivity contribution in [1.29, 1.82) is 0 Å². The van der Waals surface area contributed by atoms with E-state index in [0.717, 1.165) is 39.3 Å². The summed E-state index contributed by atoms with van der Waals surface area (Å²) in [6.45, 7) is 4.60. The monoisotopic (exact) mass is 470 g/mol. The van der Waals surface area contributed by atoms with Crippen LogP contribution >= 0.6 is 11.6 Å². The number of nitrogens with zero attached hydrogens (tertiary/aromatic N) is 1. The number of amides is 1. The Labute approximate surface area is 198 Å². The summed E-state index contributed by atoms with van der Waals surface area (Å²) in [6, 6.07) is 12.7. The van der Waals surface area contributed by atoms with Crippen molar-refractivity contribution in [3.05, 3.63) is 70.3 Å². The molecule has 1 unspecified atom stereocenters. The van der Waals surface area contributed by atoms with Crippen LogP contribution in [0.4, 0.5) is 0 Å². The average molecular weight is 471 g/mol. The van der Waals surface area contributed by atoms with E-state index in [9.17, 15) is 14.7 Å². The summed E-state index contributed by atoms with van der Waals surface area (Å²) >= 11 is 5.96. The van der Waals surface area contributed by atoms with Gasteiger partial charge in [0.25, 0.3) is 5.91 Å². The van der Waals surface area contributed by atoms with Crippen molar-refractivity contribution < 1.29 is 29.1 Å². The Morgan fingerprint density at radius 1 is 1.12 bits per heavy atom. The molecular formula is C25H27ClN2O5. The van der Waals surface area contributed by atoms with Gasteiger partial charge in [-0.15, -0.1) is 0 Å². The second-order valence-corrected chi connectivity index (χ2v) is 8.66. The topological polar surface area (TPSA) is 83.3 Å². The highest BCUT2D eigenvalue weighted by molar-refractivity contribution is 6.46. The first-order valence-corrected chi connectivity index (χ1v) is 11.4. The van der Waals surface area contributed by atoms with Crippen LogP contribution in [0.1, 0.15) is 23.6 Å². The van der Waals surface area contributed by atoms with Gasteiger partial charge in [0, 0.05) is 23.6 Å². The fraction of sp³-hybridized carbons (Fsp3) is 0.360. The second-order valence-electron chi connectivity index (χ2n) is 8.22. The van der Waals surface area contributed by atoms with E-state index in [1.807, 2.05) is 0 Å². The molecule has 0 saturated carbocycles. The Morgan fingerprint density at radius 2 is 1.79 bits per heavy atom. The van der Waals surface area contributed by atoms with Gasteiger partial charge in [0.05, 0.1) is 32.9 Å². The van der Waals surface area contributed by atoms with Crippen molar-refractivity contribution in [2.75, 3.05) is 46.5 Å². The molecule has 1 amide bonds. The number of nitrogens with one attached hydrogen (secondary N) is 1. The van der Waals surface area contributed by atoms with Crippen molar-refractivity contribution in [3.8, 4) is 5.75 Å². The molecule has 8 heteroatoms. The van der Waals surface area contributed by atoms with Gasteiger partial charge in [0.1, 0.15) is 18.8 Å². The van der Waals surface area contributed by atoms with Crippen LogP contribution in [0.25, 0.3) is 5.76 Å². The molecule has 0 aliphatic carbocycles. The minimum atomic E-state index is -0.741. The highest BCUT2D eigenvalue weighted by Crippen LogP contribution is 2.39. The van der Waals surface area contributed by atoms with Gasteiger partial charge >= 0.3 is 0 Å². The average Bonchev–Trinajstić information content (AvgIpc) is 3.10. The number of ketones is 1. The van der Waals surface area contributed by atoms with Gasteiger partial charge < -0.3 is 24.4 Å². The molecule has 2 aromatic carbocycles. The quantitative estimate of drug-likeness (QED) is 0.369. The molecule has 0 spiro atoms. The fourth-order valence-electron chi connectivity index (χ4n) is 4.40. The number of halogens is 1. The number of hydrogen-bond acceptors (Lipinski definition) is 5. The number of carbonyl (C=O) groups is 2. The molecule has 7 nitrogen and oxygen atoms in total. The minimum Gasteiger partial charge on any atom is -0.872 e. The Morgan fingerprint density at radius 3 is 2.42 bits per heavy atom. The first kappa shape index (κ1) is 23.3. The molecule has 2 aliphatic rings. The van der Waals surface area contributed by atoms with Crippen molar-refractivity contribution in [2.45, 2.75) is 12.5 Å². The Bertz CT molecular complexity index is 1030. The van der Waals surface area contributed by atoms with Crippen molar-refractivity contribution in [2.24, 2.45) is 0 Å². The van der Waals surface area contributed by atoms with E-state index in [2.05, 4.69) is 0 Å². The molecule has 2 fully saturated rings. The van der Waals surface area contributed by atoms with Gasteiger partial charge in [-0.25, -0.2) is 0 Å². The molecule has 0 aromatic heterocycles. The molecule has 0 radical (unpaired) electrons. The van der Waals surface area contributed by atoms with Gasteiger partial charge in [-0.1, -0.05) is 41.6 Å². The van der Waals surface area contributed by atoms with E-state index in [0.29, 0.717) is 28.4 Å². The molecular weight excluding hydrogens is 444 g/mol. The number of rotatable bonds is 7. The summed E-state index contributed by atoms with van der Waals surface area (Å²) in [4.78, 5) is 29.0. The lowest BCUT2D eigenvalue weighted by atomic mass is 9.95. The van der Waals surface area contributed by atoms with E-state index in [-0.39, 0.29) is 5.57 Å². The molecule has 2 saturated heterocycles. The van der Waals surface area contributed by atoms with Gasteiger partial charge in [0.15, 0.2) is 0 Å². The number of Topliss-reactive ketones (excluding diaryl/α,β-unsaturated/α-hetero) is 1.